The Bertz CT molecular complexity index is 369. The van der Waals surface area contributed by atoms with E-state index in [4.69, 9.17) is 10.2 Å². The molecule has 1 aliphatic rings. The van der Waals surface area contributed by atoms with E-state index in [1.165, 1.54) is 41.1 Å². The number of hydrogen-bond donors (Lipinski definition) is 2. The summed E-state index contributed by atoms with van der Waals surface area (Å²) in [4.78, 5) is 1.47. The Balaban J connectivity index is 2.12. The van der Waals surface area contributed by atoms with Crippen LogP contribution in [0, 0.1) is 5.92 Å². The Morgan fingerprint density at radius 2 is 1.80 bits per heavy atom. The molecule has 0 heterocycles. The van der Waals surface area contributed by atoms with Crippen LogP contribution in [0.4, 0.5) is 0 Å². The van der Waals surface area contributed by atoms with Crippen LogP contribution in [0.5, 0.6) is 0 Å². The molecule has 1 atom stereocenters. The maximum absolute atomic E-state index is 8.74. The van der Waals surface area contributed by atoms with Gasteiger partial charge in [0.2, 0.25) is 0 Å². The molecule has 0 saturated heterocycles. The third kappa shape index (κ3) is 6.29. The maximum Gasteiger partial charge on any atom is 0.151 e. The van der Waals surface area contributed by atoms with Crippen LogP contribution in [0.2, 0.25) is 0 Å². The average molecular weight is 296 g/mol. The van der Waals surface area contributed by atoms with Crippen molar-refractivity contribution in [1.82, 2.24) is 0 Å². The van der Waals surface area contributed by atoms with Crippen LogP contribution >= 0.6 is 11.8 Å². The summed E-state index contributed by atoms with van der Waals surface area (Å²) in [5, 5.41) is 17.5. The summed E-state index contributed by atoms with van der Waals surface area (Å²) >= 11 is 1.97. The van der Waals surface area contributed by atoms with Gasteiger partial charge in [0, 0.05) is 5.92 Å². The van der Waals surface area contributed by atoms with E-state index in [2.05, 4.69) is 32.6 Å². The molecule has 0 aromatic rings. The number of thioether (sulfide) groups is 1. The van der Waals surface area contributed by atoms with Crippen molar-refractivity contribution in [2.45, 2.75) is 58.7 Å². The third-order valence-corrected chi connectivity index (χ3v) is 5.23. The summed E-state index contributed by atoms with van der Waals surface area (Å²) in [6.07, 6.45) is 9.33. The highest BCUT2D eigenvalue weighted by Gasteiger charge is 2.16. The lowest BCUT2D eigenvalue weighted by Crippen LogP contribution is -2.05. The second kappa shape index (κ2) is 9.43. The fourth-order valence-corrected chi connectivity index (χ4v) is 3.61. The minimum absolute atomic E-state index is 0.469. The zero-order chi connectivity index (χ0) is 15.0. The second-order valence-electron chi connectivity index (χ2n) is 5.56. The SMILES string of the molecule is C=C1C=CC(C)=C(SCCCCCCCC(O)O)C1C. The highest BCUT2D eigenvalue weighted by atomic mass is 32.2. The quantitative estimate of drug-likeness (QED) is 0.489. The summed E-state index contributed by atoms with van der Waals surface area (Å²) in [5.74, 6) is 1.64. The first-order valence-corrected chi connectivity index (χ1v) is 8.57. The molecule has 0 bridgehead atoms. The molecule has 3 heteroatoms. The lowest BCUT2D eigenvalue weighted by Gasteiger charge is -2.22. The Hall–Kier alpha value is -0.510. The summed E-state index contributed by atoms with van der Waals surface area (Å²) in [5.41, 5.74) is 2.59. The molecule has 2 N–H and O–H groups in total. The topological polar surface area (TPSA) is 40.5 Å². The number of unbranched alkanes of at least 4 members (excludes halogenated alkanes) is 4. The summed E-state index contributed by atoms with van der Waals surface area (Å²) < 4.78 is 0. The first-order chi connectivity index (χ1) is 9.52. The van der Waals surface area contributed by atoms with Crippen molar-refractivity contribution in [3.8, 4) is 0 Å². The molecule has 1 unspecified atom stereocenters. The number of hydrogen-bond acceptors (Lipinski definition) is 3. The Morgan fingerprint density at radius 3 is 2.50 bits per heavy atom. The standard InChI is InChI=1S/C17H28O2S/c1-13-10-11-14(2)17(15(13)3)20-12-8-6-4-5-7-9-16(18)19/h10-11,15-16,18-19H,1,4-9,12H2,2-3H3. The monoisotopic (exact) mass is 296 g/mol. The van der Waals surface area contributed by atoms with Gasteiger partial charge < -0.3 is 10.2 Å². The predicted molar refractivity (Wildman–Crippen MR) is 88.5 cm³/mol. The minimum Gasteiger partial charge on any atom is -0.368 e. The highest BCUT2D eigenvalue weighted by molar-refractivity contribution is 8.03. The molecule has 1 aliphatic carbocycles. The van der Waals surface area contributed by atoms with Crippen LogP contribution in [0.25, 0.3) is 0 Å². The molecule has 1 rings (SSSR count). The number of aliphatic hydroxyl groups is 2. The van der Waals surface area contributed by atoms with Crippen LogP contribution in [0.3, 0.4) is 0 Å². The zero-order valence-corrected chi connectivity index (χ0v) is 13.6. The van der Waals surface area contributed by atoms with Gasteiger partial charge in [0.25, 0.3) is 0 Å². The third-order valence-electron chi connectivity index (χ3n) is 3.75. The van der Waals surface area contributed by atoms with Crippen LogP contribution in [-0.2, 0) is 0 Å². The molecule has 0 saturated carbocycles. The molecule has 0 fully saturated rings. The fraction of sp³-hybridized carbons (Fsp3) is 0.647. The number of aliphatic hydroxyl groups excluding tert-OH is 1. The highest BCUT2D eigenvalue weighted by Crippen LogP contribution is 2.36. The van der Waals surface area contributed by atoms with Crippen molar-refractivity contribution in [3.05, 3.63) is 34.8 Å². The lowest BCUT2D eigenvalue weighted by molar-refractivity contribution is -0.0465. The largest absolute Gasteiger partial charge is 0.368 e. The zero-order valence-electron chi connectivity index (χ0n) is 12.8. The van der Waals surface area contributed by atoms with Crippen LogP contribution < -0.4 is 0 Å². The first kappa shape index (κ1) is 17.5. The lowest BCUT2D eigenvalue weighted by atomic mass is 9.94. The number of allylic oxidation sites excluding steroid dienone is 5. The molecule has 2 nitrogen and oxygen atoms in total. The maximum atomic E-state index is 8.74. The normalized spacial score (nSPS) is 19.2. The Kier molecular flexibility index (Phi) is 8.27. The molecule has 0 spiro atoms. The van der Waals surface area contributed by atoms with E-state index in [-0.39, 0.29) is 0 Å². The molecular formula is C17H28O2S. The van der Waals surface area contributed by atoms with Crippen LogP contribution in [0.1, 0.15) is 52.4 Å². The van der Waals surface area contributed by atoms with E-state index < -0.39 is 6.29 Å². The van der Waals surface area contributed by atoms with Gasteiger partial charge in [-0.25, -0.2) is 0 Å². The van der Waals surface area contributed by atoms with Gasteiger partial charge in [-0.05, 0) is 48.0 Å². The molecule has 0 aromatic heterocycles. The van der Waals surface area contributed by atoms with Gasteiger partial charge in [0.15, 0.2) is 6.29 Å². The smallest absolute Gasteiger partial charge is 0.151 e. The van der Waals surface area contributed by atoms with Gasteiger partial charge in [-0.3, -0.25) is 0 Å². The molecular weight excluding hydrogens is 268 g/mol. The van der Waals surface area contributed by atoms with E-state index in [1.807, 2.05) is 11.8 Å². The van der Waals surface area contributed by atoms with Gasteiger partial charge in [-0.15, -0.1) is 11.8 Å². The fourth-order valence-electron chi connectivity index (χ4n) is 2.35. The van der Waals surface area contributed by atoms with Crippen molar-refractivity contribution in [1.29, 1.82) is 0 Å². The van der Waals surface area contributed by atoms with Gasteiger partial charge in [0.1, 0.15) is 0 Å². The Labute approximate surface area is 127 Å². The van der Waals surface area contributed by atoms with E-state index in [1.54, 1.807) is 0 Å². The summed E-state index contributed by atoms with van der Waals surface area (Å²) in [6.45, 7) is 8.51. The summed E-state index contributed by atoms with van der Waals surface area (Å²) in [6, 6.07) is 0. The van der Waals surface area contributed by atoms with Crippen LogP contribution in [-0.4, -0.2) is 22.3 Å². The van der Waals surface area contributed by atoms with Crippen molar-refractivity contribution in [2.24, 2.45) is 5.92 Å². The molecule has 114 valence electrons. The van der Waals surface area contributed by atoms with E-state index in [0.717, 1.165) is 12.8 Å². The second-order valence-corrected chi connectivity index (χ2v) is 6.70. The summed E-state index contributed by atoms with van der Waals surface area (Å²) in [7, 11) is 0. The van der Waals surface area contributed by atoms with Gasteiger partial charge in [-0.1, -0.05) is 44.9 Å². The minimum atomic E-state index is -1.13. The average Bonchev–Trinajstić information content (AvgIpc) is 2.40. The molecule has 20 heavy (non-hydrogen) atoms. The molecule has 0 aliphatic heterocycles. The van der Waals surface area contributed by atoms with Crippen molar-refractivity contribution < 1.29 is 10.2 Å². The molecule has 0 aromatic carbocycles. The van der Waals surface area contributed by atoms with Crippen molar-refractivity contribution >= 4 is 11.8 Å². The van der Waals surface area contributed by atoms with E-state index in [9.17, 15) is 0 Å². The molecule has 0 amide bonds. The number of rotatable bonds is 9. The molecule has 0 radical (unpaired) electrons. The first-order valence-electron chi connectivity index (χ1n) is 7.59. The van der Waals surface area contributed by atoms with Crippen LogP contribution in [0.15, 0.2) is 34.8 Å². The van der Waals surface area contributed by atoms with Crippen molar-refractivity contribution in [2.75, 3.05) is 5.75 Å². The van der Waals surface area contributed by atoms with Gasteiger partial charge >= 0.3 is 0 Å². The predicted octanol–water partition coefficient (Wildman–Crippen LogP) is 4.41. The van der Waals surface area contributed by atoms with Gasteiger partial charge in [0.05, 0.1) is 0 Å². The van der Waals surface area contributed by atoms with E-state index >= 15 is 0 Å². The van der Waals surface area contributed by atoms with E-state index in [0.29, 0.717) is 12.3 Å². The van der Waals surface area contributed by atoms with Gasteiger partial charge in [-0.2, -0.15) is 0 Å². The van der Waals surface area contributed by atoms with Crippen molar-refractivity contribution in [3.63, 3.8) is 0 Å². The Morgan fingerprint density at radius 1 is 1.15 bits per heavy atom.